The van der Waals surface area contributed by atoms with Crippen LogP contribution in [0, 0.1) is 5.92 Å². The molecule has 0 saturated heterocycles. The van der Waals surface area contributed by atoms with Gasteiger partial charge in [0.05, 0.1) is 0 Å². The topological polar surface area (TPSA) is 72.6 Å². The number of hydrogen-bond donors (Lipinski definition) is 1. The highest BCUT2D eigenvalue weighted by Gasteiger charge is 2.33. The number of carbonyl (C=O) groups is 2. The van der Waals surface area contributed by atoms with E-state index in [1.807, 2.05) is 51.1 Å². The molecule has 0 unspecified atom stereocenters. The lowest BCUT2D eigenvalue weighted by Gasteiger charge is -2.37. The summed E-state index contributed by atoms with van der Waals surface area (Å²) < 4.78 is 5.59. The van der Waals surface area contributed by atoms with Gasteiger partial charge < -0.3 is 15.4 Å². The first-order valence-electron chi connectivity index (χ1n) is 8.59. The lowest BCUT2D eigenvalue weighted by atomic mass is 9.85. The Morgan fingerprint density at radius 2 is 1.71 bits per heavy atom. The van der Waals surface area contributed by atoms with E-state index >= 15 is 0 Å². The van der Waals surface area contributed by atoms with Crippen molar-refractivity contribution in [3.8, 4) is 0 Å². The molecule has 24 heavy (non-hydrogen) atoms. The summed E-state index contributed by atoms with van der Waals surface area (Å²) in [5.41, 5.74) is 5.95. The van der Waals surface area contributed by atoms with Gasteiger partial charge in [0.25, 0.3) is 0 Å². The molecular formula is C19H28N2O3. The van der Waals surface area contributed by atoms with E-state index in [1.54, 1.807) is 4.90 Å². The molecule has 5 heteroatoms. The highest BCUT2D eigenvalue weighted by atomic mass is 16.6. The van der Waals surface area contributed by atoms with Crippen molar-refractivity contribution < 1.29 is 14.3 Å². The van der Waals surface area contributed by atoms with Gasteiger partial charge >= 0.3 is 6.09 Å². The Balaban J connectivity index is 2.11. The smallest absolute Gasteiger partial charge is 0.410 e. The summed E-state index contributed by atoms with van der Waals surface area (Å²) in [6.07, 6.45) is 2.72. The van der Waals surface area contributed by atoms with Gasteiger partial charge in [0.15, 0.2) is 0 Å². The van der Waals surface area contributed by atoms with Crippen LogP contribution in [0.15, 0.2) is 30.3 Å². The maximum atomic E-state index is 12.7. The van der Waals surface area contributed by atoms with Gasteiger partial charge in [-0.25, -0.2) is 4.79 Å². The van der Waals surface area contributed by atoms with Crippen molar-refractivity contribution >= 4 is 12.0 Å². The fourth-order valence-electron chi connectivity index (χ4n) is 3.12. The standard InChI is InChI=1S/C19H28N2O3/c1-19(2,3)24-18(23)21(13-14-7-5-4-6-8-14)16-11-9-15(10-12-16)17(20)22/h4-8,15-16H,9-13H2,1-3H3,(H2,20,22). The van der Waals surface area contributed by atoms with Gasteiger partial charge in [0, 0.05) is 18.5 Å². The van der Waals surface area contributed by atoms with Crippen LogP contribution in [0.25, 0.3) is 0 Å². The number of hydrogen-bond acceptors (Lipinski definition) is 3. The molecule has 0 aromatic heterocycles. The van der Waals surface area contributed by atoms with Gasteiger partial charge in [-0.05, 0) is 52.0 Å². The quantitative estimate of drug-likeness (QED) is 0.917. The third-order valence-electron chi connectivity index (χ3n) is 4.36. The first-order valence-corrected chi connectivity index (χ1v) is 8.59. The Morgan fingerprint density at radius 1 is 1.12 bits per heavy atom. The molecule has 2 amide bonds. The second-order valence-electron chi connectivity index (χ2n) is 7.50. The van der Waals surface area contributed by atoms with Gasteiger partial charge in [-0.2, -0.15) is 0 Å². The van der Waals surface area contributed by atoms with Crippen molar-refractivity contribution in [2.24, 2.45) is 11.7 Å². The molecular weight excluding hydrogens is 304 g/mol. The van der Waals surface area contributed by atoms with Crippen LogP contribution < -0.4 is 5.73 Å². The minimum absolute atomic E-state index is 0.0709. The fraction of sp³-hybridized carbons (Fsp3) is 0.579. The summed E-state index contributed by atoms with van der Waals surface area (Å²) in [6, 6.07) is 9.98. The maximum absolute atomic E-state index is 12.7. The van der Waals surface area contributed by atoms with Crippen LogP contribution in [-0.2, 0) is 16.1 Å². The lowest BCUT2D eigenvalue weighted by molar-refractivity contribution is -0.123. The summed E-state index contributed by atoms with van der Waals surface area (Å²) in [5, 5.41) is 0. The van der Waals surface area contributed by atoms with E-state index in [-0.39, 0.29) is 24.0 Å². The summed E-state index contributed by atoms with van der Waals surface area (Å²) >= 11 is 0. The first kappa shape index (κ1) is 18.3. The maximum Gasteiger partial charge on any atom is 0.410 e. The molecule has 1 aromatic carbocycles. The van der Waals surface area contributed by atoms with Crippen LogP contribution in [0.1, 0.15) is 52.0 Å². The minimum Gasteiger partial charge on any atom is -0.444 e. The average Bonchev–Trinajstić information content (AvgIpc) is 2.52. The first-order chi connectivity index (χ1) is 11.3. The number of nitrogens with zero attached hydrogens (tertiary/aromatic N) is 1. The van der Waals surface area contributed by atoms with E-state index in [0.29, 0.717) is 6.54 Å². The molecule has 1 aliphatic carbocycles. The SMILES string of the molecule is CC(C)(C)OC(=O)N(Cc1ccccc1)C1CCC(C(N)=O)CC1. The second kappa shape index (κ2) is 7.69. The van der Waals surface area contributed by atoms with E-state index in [0.717, 1.165) is 31.2 Å². The molecule has 132 valence electrons. The molecule has 2 rings (SSSR count). The molecule has 1 aliphatic rings. The molecule has 1 fully saturated rings. The largest absolute Gasteiger partial charge is 0.444 e. The average molecular weight is 332 g/mol. The Labute approximate surface area is 144 Å². The highest BCUT2D eigenvalue weighted by Crippen LogP contribution is 2.29. The van der Waals surface area contributed by atoms with Crippen LogP contribution in [0.4, 0.5) is 4.79 Å². The molecule has 5 nitrogen and oxygen atoms in total. The third kappa shape index (κ3) is 5.25. The van der Waals surface area contributed by atoms with E-state index in [1.165, 1.54) is 0 Å². The van der Waals surface area contributed by atoms with Crippen LogP contribution in [0.3, 0.4) is 0 Å². The van der Waals surface area contributed by atoms with Gasteiger partial charge in [0.2, 0.25) is 5.91 Å². The van der Waals surface area contributed by atoms with Crippen LogP contribution in [0.5, 0.6) is 0 Å². The van der Waals surface area contributed by atoms with Gasteiger partial charge in [-0.1, -0.05) is 30.3 Å². The number of carbonyl (C=O) groups excluding carboxylic acids is 2. The van der Waals surface area contributed by atoms with Crippen molar-refractivity contribution in [1.29, 1.82) is 0 Å². The summed E-state index contributed by atoms with van der Waals surface area (Å²) in [5.74, 6) is -0.307. The Bertz CT molecular complexity index is 558. The number of benzene rings is 1. The number of nitrogens with two attached hydrogens (primary N) is 1. The monoisotopic (exact) mass is 332 g/mol. The van der Waals surface area contributed by atoms with E-state index in [2.05, 4.69) is 0 Å². The molecule has 0 heterocycles. The van der Waals surface area contributed by atoms with Crippen molar-refractivity contribution in [3.05, 3.63) is 35.9 Å². The van der Waals surface area contributed by atoms with E-state index < -0.39 is 5.60 Å². The molecule has 0 bridgehead atoms. The van der Waals surface area contributed by atoms with Crippen molar-refractivity contribution in [2.45, 2.75) is 64.6 Å². The minimum atomic E-state index is -0.531. The fourth-order valence-corrected chi connectivity index (χ4v) is 3.12. The van der Waals surface area contributed by atoms with E-state index in [4.69, 9.17) is 10.5 Å². The third-order valence-corrected chi connectivity index (χ3v) is 4.36. The summed E-state index contributed by atoms with van der Waals surface area (Å²) in [6.45, 7) is 6.13. The zero-order valence-electron chi connectivity index (χ0n) is 14.8. The van der Waals surface area contributed by atoms with Gasteiger partial charge in [-0.3, -0.25) is 4.79 Å². The van der Waals surface area contributed by atoms with Crippen LogP contribution in [0.2, 0.25) is 0 Å². The number of primary amides is 1. The second-order valence-corrected chi connectivity index (χ2v) is 7.50. The van der Waals surface area contributed by atoms with Crippen LogP contribution >= 0.6 is 0 Å². The molecule has 1 aromatic rings. The van der Waals surface area contributed by atoms with Crippen molar-refractivity contribution in [1.82, 2.24) is 4.90 Å². The summed E-state index contributed by atoms with van der Waals surface area (Å²) in [4.78, 5) is 25.9. The van der Waals surface area contributed by atoms with Gasteiger partial charge in [-0.15, -0.1) is 0 Å². The number of rotatable bonds is 4. The number of amides is 2. The van der Waals surface area contributed by atoms with Crippen molar-refractivity contribution in [2.75, 3.05) is 0 Å². The van der Waals surface area contributed by atoms with Gasteiger partial charge in [0.1, 0.15) is 5.60 Å². The molecule has 0 atom stereocenters. The lowest BCUT2D eigenvalue weighted by Crippen LogP contribution is -2.45. The Kier molecular flexibility index (Phi) is 5.86. The predicted molar refractivity (Wildman–Crippen MR) is 93.2 cm³/mol. The van der Waals surface area contributed by atoms with E-state index in [9.17, 15) is 9.59 Å². The zero-order chi connectivity index (χ0) is 17.7. The summed E-state index contributed by atoms with van der Waals surface area (Å²) in [7, 11) is 0. The van der Waals surface area contributed by atoms with Crippen molar-refractivity contribution in [3.63, 3.8) is 0 Å². The molecule has 0 spiro atoms. The zero-order valence-corrected chi connectivity index (χ0v) is 14.8. The molecule has 0 aliphatic heterocycles. The predicted octanol–water partition coefficient (Wildman–Crippen LogP) is 3.47. The molecule has 2 N–H and O–H groups in total. The normalized spacial score (nSPS) is 21.1. The Hall–Kier alpha value is -2.04. The highest BCUT2D eigenvalue weighted by molar-refractivity contribution is 5.76. The number of ether oxygens (including phenoxy) is 1. The Morgan fingerprint density at radius 3 is 2.21 bits per heavy atom. The van der Waals surface area contributed by atoms with Crippen LogP contribution in [-0.4, -0.2) is 28.5 Å². The molecule has 0 radical (unpaired) electrons. The molecule has 1 saturated carbocycles.